The minimum atomic E-state index is -4.04. The van der Waals surface area contributed by atoms with Crippen LogP contribution in [-0.2, 0) is 21.4 Å². The van der Waals surface area contributed by atoms with Crippen LogP contribution in [0.2, 0.25) is 5.02 Å². The van der Waals surface area contributed by atoms with Crippen LogP contribution in [0.15, 0.2) is 107 Å². The number of sulfonamides is 1. The molecule has 0 saturated carbocycles. The maximum atomic E-state index is 13.4. The predicted octanol–water partition coefficient (Wildman–Crippen LogP) is 5.88. The molecule has 4 aromatic rings. The third kappa shape index (κ3) is 7.46. The lowest BCUT2D eigenvalue weighted by Crippen LogP contribution is -2.39. The van der Waals surface area contributed by atoms with Crippen LogP contribution in [0.5, 0.6) is 5.75 Å². The summed E-state index contributed by atoms with van der Waals surface area (Å²) in [5.41, 5.74) is 6.47. The number of hydrazone groups is 1. The van der Waals surface area contributed by atoms with Crippen LogP contribution in [0.25, 0.3) is 0 Å². The molecule has 1 N–H and O–H groups in total. The first kappa shape index (κ1) is 27.9. The molecule has 0 aliphatic rings. The van der Waals surface area contributed by atoms with E-state index in [0.717, 1.165) is 21.0 Å². The highest BCUT2D eigenvalue weighted by Gasteiger charge is 2.27. The van der Waals surface area contributed by atoms with Gasteiger partial charge < -0.3 is 4.74 Å². The Balaban J connectivity index is 1.41. The number of nitrogens with zero attached hydrogens (tertiary/aromatic N) is 2. The molecule has 0 heterocycles. The smallest absolute Gasteiger partial charge is 0.264 e. The molecule has 0 bridgehead atoms. The molecule has 0 aromatic heterocycles. The largest absolute Gasteiger partial charge is 0.489 e. The van der Waals surface area contributed by atoms with Crippen molar-refractivity contribution >= 4 is 39.4 Å². The fraction of sp³-hybridized carbons (Fsp3) is 0.133. The highest BCUT2D eigenvalue weighted by Crippen LogP contribution is 2.28. The van der Waals surface area contributed by atoms with Gasteiger partial charge in [0.25, 0.3) is 15.9 Å². The zero-order valence-corrected chi connectivity index (χ0v) is 23.1. The SMILES string of the molecule is Cc1ccc(COc2ccc(/C=N\NC(=O)CN(c3ccc(C)c(Cl)c3)S(=O)(=O)c3ccccc3)cc2)cc1. The van der Waals surface area contributed by atoms with Crippen molar-refractivity contribution in [3.05, 3.63) is 124 Å². The second-order valence-electron chi connectivity index (χ2n) is 8.89. The summed E-state index contributed by atoms with van der Waals surface area (Å²) in [5.74, 6) is 0.0933. The van der Waals surface area contributed by atoms with Crippen molar-refractivity contribution in [2.75, 3.05) is 10.8 Å². The minimum Gasteiger partial charge on any atom is -0.489 e. The Hall–Kier alpha value is -4.14. The van der Waals surface area contributed by atoms with Crippen LogP contribution < -0.4 is 14.5 Å². The van der Waals surface area contributed by atoms with Gasteiger partial charge in [-0.1, -0.05) is 65.7 Å². The summed E-state index contributed by atoms with van der Waals surface area (Å²) in [7, 11) is -4.04. The lowest BCUT2D eigenvalue weighted by atomic mass is 10.2. The molecule has 4 aromatic carbocycles. The lowest BCUT2D eigenvalue weighted by Gasteiger charge is -2.24. The number of nitrogens with one attached hydrogen (secondary N) is 1. The molecular weight excluding hydrogens is 534 g/mol. The average Bonchev–Trinajstić information content (AvgIpc) is 2.94. The van der Waals surface area contributed by atoms with Gasteiger partial charge in [0.05, 0.1) is 16.8 Å². The van der Waals surface area contributed by atoms with Crippen molar-refractivity contribution in [1.29, 1.82) is 0 Å². The first-order valence-electron chi connectivity index (χ1n) is 12.2. The van der Waals surface area contributed by atoms with Crippen molar-refractivity contribution in [3.63, 3.8) is 0 Å². The first-order valence-corrected chi connectivity index (χ1v) is 14.0. The quantitative estimate of drug-likeness (QED) is 0.193. The van der Waals surface area contributed by atoms with Crippen molar-refractivity contribution in [3.8, 4) is 5.75 Å². The molecule has 0 aliphatic heterocycles. The molecule has 1 amide bonds. The molecule has 0 fully saturated rings. The molecule has 0 aliphatic carbocycles. The fourth-order valence-corrected chi connectivity index (χ4v) is 5.23. The molecule has 0 unspecified atom stereocenters. The zero-order chi connectivity index (χ0) is 27.8. The molecule has 9 heteroatoms. The van der Waals surface area contributed by atoms with Crippen molar-refractivity contribution in [1.82, 2.24) is 5.43 Å². The average molecular weight is 562 g/mol. The number of carbonyl (C=O) groups is 1. The molecule has 39 heavy (non-hydrogen) atoms. The number of amides is 1. The molecule has 7 nitrogen and oxygen atoms in total. The Morgan fingerprint density at radius 1 is 0.949 bits per heavy atom. The van der Waals surface area contributed by atoms with Crippen LogP contribution >= 0.6 is 11.6 Å². The van der Waals surface area contributed by atoms with E-state index in [-0.39, 0.29) is 10.6 Å². The highest BCUT2D eigenvalue weighted by molar-refractivity contribution is 7.92. The third-order valence-electron chi connectivity index (χ3n) is 5.87. The van der Waals surface area contributed by atoms with E-state index in [4.69, 9.17) is 16.3 Å². The van der Waals surface area contributed by atoms with Gasteiger partial charge in [0.2, 0.25) is 0 Å². The number of hydrogen-bond donors (Lipinski definition) is 1. The fourth-order valence-electron chi connectivity index (χ4n) is 3.62. The molecule has 0 atom stereocenters. The Kier molecular flexibility index (Phi) is 9.01. The Bertz CT molecular complexity index is 1560. The van der Waals surface area contributed by atoms with Gasteiger partial charge in [0, 0.05) is 5.02 Å². The van der Waals surface area contributed by atoms with Gasteiger partial charge in [-0.25, -0.2) is 13.8 Å². The third-order valence-corrected chi connectivity index (χ3v) is 8.07. The van der Waals surface area contributed by atoms with Gasteiger partial charge >= 0.3 is 0 Å². The van der Waals surface area contributed by atoms with Crippen LogP contribution in [0, 0.1) is 13.8 Å². The number of carbonyl (C=O) groups excluding carboxylic acids is 1. The van der Waals surface area contributed by atoms with Crippen molar-refractivity contribution < 1.29 is 17.9 Å². The summed E-state index contributed by atoms with van der Waals surface area (Å²) in [6.07, 6.45) is 1.47. The number of ether oxygens (including phenoxy) is 1. The summed E-state index contributed by atoms with van der Waals surface area (Å²) in [5, 5.41) is 4.39. The monoisotopic (exact) mass is 561 g/mol. The summed E-state index contributed by atoms with van der Waals surface area (Å²) in [4.78, 5) is 12.8. The summed E-state index contributed by atoms with van der Waals surface area (Å²) >= 11 is 6.26. The van der Waals surface area contributed by atoms with Gasteiger partial charge in [-0.15, -0.1) is 0 Å². The van der Waals surface area contributed by atoms with Gasteiger partial charge in [-0.2, -0.15) is 5.10 Å². The van der Waals surface area contributed by atoms with Crippen LogP contribution in [0.3, 0.4) is 0 Å². The Morgan fingerprint density at radius 2 is 1.64 bits per heavy atom. The number of rotatable bonds is 10. The number of aryl methyl sites for hydroxylation is 2. The van der Waals surface area contributed by atoms with E-state index in [2.05, 4.69) is 10.5 Å². The van der Waals surface area contributed by atoms with Gasteiger partial charge in [0.15, 0.2) is 0 Å². The summed E-state index contributed by atoms with van der Waals surface area (Å²) in [6.45, 7) is 3.82. The molecule has 0 saturated heterocycles. The minimum absolute atomic E-state index is 0.0580. The van der Waals surface area contributed by atoms with Crippen molar-refractivity contribution in [2.24, 2.45) is 5.10 Å². The Morgan fingerprint density at radius 3 is 2.31 bits per heavy atom. The van der Waals surface area contributed by atoms with Gasteiger partial charge in [-0.3, -0.25) is 9.10 Å². The van der Waals surface area contributed by atoms with E-state index < -0.39 is 22.5 Å². The molecule has 0 spiro atoms. The molecular formula is C30H28ClN3O4S. The lowest BCUT2D eigenvalue weighted by molar-refractivity contribution is -0.119. The second-order valence-corrected chi connectivity index (χ2v) is 11.2. The van der Waals surface area contributed by atoms with E-state index in [9.17, 15) is 13.2 Å². The molecule has 0 radical (unpaired) electrons. The van der Waals surface area contributed by atoms with E-state index in [0.29, 0.717) is 17.4 Å². The van der Waals surface area contributed by atoms with E-state index in [1.807, 2.05) is 50.2 Å². The van der Waals surface area contributed by atoms with E-state index in [1.165, 1.54) is 30.0 Å². The number of anilines is 1. The summed E-state index contributed by atoms with van der Waals surface area (Å²) < 4.78 is 33.6. The maximum Gasteiger partial charge on any atom is 0.264 e. The number of halogens is 1. The molecule has 200 valence electrons. The highest BCUT2D eigenvalue weighted by atomic mass is 35.5. The molecule has 4 rings (SSSR count). The van der Waals surface area contributed by atoms with Gasteiger partial charge in [0.1, 0.15) is 18.9 Å². The number of benzene rings is 4. The van der Waals surface area contributed by atoms with Gasteiger partial charge in [-0.05, 0) is 79.1 Å². The zero-order valence-electron chi connectivity index (χ0n) is 21.5. The van der Waals surface area contributed by atoms with Crippen LogP contribution in [0.4, 0.5) is 5.69 Å². The first-order chi connectivity index (χ1) is 18.7. The van der Waals surface area contributed by atoms with Crippen LogP contribution in [-0.4, -0.2) is 27.1 Å². The summed E-state index contributed by atoms with van der Waals surface area (Å²) in [6, 6.07) is 28.1. The normalized spacial score (nSPS) is 11.4. The number of hydrogen-bond acceptors (Lipinski definition) is 5. The topological polar surface area (TPSA) is 88.1 Å². The van der Waals surface area contributed by atoms with E-state index >= 15 is 0 Å². The standard InChI is InChI=1S/C30H28ClN3O4S/c1-22-8-11-25(12-9-22)21-38-27-16-13-24(14-17-27)19-32-33-30(35)20-34(26-15-10-23(2)29(31)18-26)39(36,37)28-6-4-3-5-7-28/h3-19H,20-21H2,1-2H3,(H,33,35)/b32-19-. The Labute approximate surface area is 233 Å². The van der Waals surface area contributed by atoms with Crippen LogP contribution in [0.1, 0.15) is 22.3 Å². The van der Waals surface area contributed by atoms with E-state index in [1.54, 1.807) is 42.5 Å². The predicted molar refractivity (Wildman–Crippen MR) is 155 cm³/mol. The maximum absolute atomic E-state index is 13.4. The second kappa shape index (κ2) is 12.6. The van der Waals surface area contributed by atoms with Crippen molar-refractivity contribution in [2.45, 2.75) is 25.3 Å².